The Hall–Kier alpha value is 0.650. The van der Waals surface area contributed by atoms with Crippen LogP contribution in [-0.2, 0) is 0 Å². The summed E-state index contributed by atoms with van der Waals surface area (Å²) in [4.78, 5) is 1.13. The highest BCUT2D eigenvalue weighted by Crippen LogP contribution is 2.40. The van der Waals surface area contributed by atoms with E-state index in [0.717, 1.165) is 23.2 Å². The summed E-state index contributed by atoms with van der Waals surface area (Å²) in [5, 5.41) is -0.112. The van der Waals surface area contributed by atoms with Crippen molar-refractivity contribution < 1.29 is 0 Å². The zero-order chi connectivity index (χ0) is 12.6. The van der Waals surface area contributed by atoms with Crippen LogP contribution >= 0.6 is 70.7 Å². The molecule has 0 amide bonds. The van der Waals surface area contributed by atoms with E-state index in [1.54, 1.807) is 11.3 Å². The Kier molecular flexibility index (Phi) is 4.75. The SMILES string of the molecule is Cc1ccc(C(Cl)c2cc(Br)c(Br)s2)cc1Br. The summed E-state index contributed by atoms with van der Waals surface area (Å²) in [6.07, 6.45) is 0. The van der Waals surface area contributed by atoms with Gasteiger partial charge in [0.15, 0.2) is 0 Å². The summed E-state index contributed by atoms with van der Waals surface area (Å²) in [5.41, 5.74) is 2.32. The molecule has 1 aromatic heterocycles. The van der Waals surface area contributed by atoms with Crippen molar-refractivity contribution in [2.24, 2.45) is 0 Å². The van der Waals surface area contributed by atoms with E-state index in [-0.39, 0.29) is 5.38 Å². The first-order chi connectivity index (χ1) is 7.99. The van der Waals surface area contributed by atoms with E-state index in [0.29, 0.717) is 0 Å². The van der Waals surface area contributed by atoms with E-state index in [2.05, 4.69) is 79.0 Å². The maximum atomic E-state index is 6.49. The third kappa shape index (κ3) is 3.16. The van der Waals surface area contributed by atoms with Crippen LogP contribution in [0.15, 0.2) is 37.0 Å². The lowest BCUT2D eigenvalue weighted by molar-refractivity contribution is 1.17. The monoisotopic (exact) mass is 456 g/mol. The molecular formula is C12H8Br3ClS. The molecule has 0 aliphatic carbocycles. The van der Waals surface area contributed by atoms with Crippen LogP contribution in [0, 0.1) is 6.92 Å². The third-order valence-corrected chi connectivity index (χ3v) is 7.19. The molecule has 0 fully saturated rings. The van der Waals surface area contributed by atoms with Crippen LogP contribution in [0.5, 0.6) is 0 Å². The second kappa shape index (κ2) is 5.74. The molecule has 2 rings (SSSR count). The lowest BCUT2D eigenvalue weighted by Crippen LogP contribution is -1.90. The van der Waals surface area contributed by atoms with Gasteiger partial charge in [0.05, 0.1) is 9.16 Å². The predicted molar refractivity (Wildman–Crippen MR) is 86.3 cm³/mol. The van der Waals surface area contributed by atoms with Gasteiger partial charge in [0, 0.05) is 13.8 Å². The van der Waals surface area contributed by atoms with Crippen molar-refractivity contribution in [1.29, 1.82) is 0 Å². The van der Waals surface area contributed by atoms with E-state index in [9.17, 15) is 0 Å². The van der Waals surface area contributed by atoms with Crippen molar-refractivity contribution in [3.8, 4) is 0 Å². The van der Waals surface area contributed by atoms with Crippen LogP contribution in [0.3, 0.4) is 0 Å². The summed E-state index contributed by atoms with van der Waals surface area (Å²) < 4.78 is 3.22. The Morgan fingerprint density at radius 1 is 1.12 bits per heavy atom. The van der Waals surface area contributed by atoms with Gasteiger partial charge in [-0.25, -0.2) is 0 Å². The maximum absolute atomic E-state index is 6.49. The average Bonchev–Trinajstić information content (AvgIpc) is 2.62. The fourth-order valence-electron chi connectivity index (χ4n) is 1.42. The second-order valence-electron chi connectivity index (χ2n) is 3.64. The van der Waals surface area contributed by atoms with Crippen LogP contribution in [0.1, 0.15) is 21.4 Å². The van der Waals surface area contributed by atoms with Gasteiger partial charge in [-0.2, -0.15) is 0 Å². The number of rotatable bonds is 2. The van der Waals surface area contributed by atoms with Gasteiger partial charge in [0.25, 0.3) is 0 Å². The molecule has 0 saturated carbocycles. The molecule has 1 heterocycles. The Balaban J connectivity index is 2.36. The summed E-state index contributed by atoms with van der Waals surface area (Å²) in [5.74, 6) is 0. The summed E-state index contributed by atoms with van der Waals surface area (Å²) in [6.45, 7) is 2.06. The number of aryl methyl sites for hydroxylation is 1. The normalized spacial score (nSPS) is 12.8. The molecule has 1 aromatic carbocycles. The summed E-state index contributed by atoms with van der Waals surface area (Å²) in [6, 6.07) is 8.28. The molecule has 0 nitrogen and oxygen atoms in total. The van der Waals surface area contributed by atoms with E-state index < -0.39 is 0 Å². The molecule has 5 heteroatoms. The molecule has 1 unspecified atom stereocenters. The van der Waals surface area contributed by atoms with Gasteiger partial charge in [-0.05, 0) is 62.0 Å². The molecule has 0 aliphatic heterocycles. The standard InChI is InChI=1S/C12H8Br3ClS/c1-6-2-3-7(4-8(6)13)11(16)10-5-9(14)12(15)17-10/h2-5,11H,1H3. The molecule has 1 atom stereocenters. The fraction of sp³-hybridized carbons (Fsp3) is 0.167. The van der Waals surface area contributed by atoms with Crippen molar-refractivity contribution in [1.82, 2.24) is 0 Å². The average molecular weight is 459 g/mol. The molecule has 0 N–H and O–H groups in total. The number of benzene rings is 1. The van der Waals surface area contributed by atoms with Crippen molar-refractivity contribution >= 4 is 70.7 Å². The van der Waals surface area contributed by atoms with Gasteiger partial charge in [0.1, 0.15) is 0 Å². The van der Waals surface area contributed by atoms with Crippen molar-refractivity contribution in [3.63, 3.8) is 0 Å². The van der Waals surface area contributed by atoms with Gasteiger partial charge in [-0.1, -0.05) is 28.1 Å². The molecule has 2 aromatic rings. The quantitative estimate of drug-likeness (QED) is 0.440. The van der Waals surface area contributed by atoms with E-state index in [1.807, 2.05) is 0 Å². The topological polar surface area (TPSA) is 0 Å². The molecule has 0 radical (unpaired) electrons. The number of hydrogen-bond donors (Lipinski definition) is 0. The Morgan fingerprint density at radius 2 is 1.82 bits per heavy atom. The first-order valence-corrected chi connectivity index (χ1v) is 8.47. The number of alkyl halides is 1. The third-order valence-electron chi connectivity index (χ3n) is 2.40. The molecule has 0 spiro atoms. The van der Waals surface area contributed by atoms with Crippen LogP contribution < -0.4 is 0 Å². The van der Waals surface area contributed by atoms with E-state index >= 15 is 0 Å². The van der Waals surface area contributed by atoms with Gasteiger partial charge in [-0.15, -0.1) is 22.9 Å². The Labute approximate surface area is 135 Å². The van der Waals surface area contributed by atoms with Crippen LogP contribution in [0.2, 0.25) is 0 Å². The van der Waals surface area contributed by atoms with Crippen LogP contribution in [0.25, 0.3) is 0 Å². The van der Waals surface area contributed by atoms with Gasteiger partial charge in [-0.3, -0.25) is 0 Å². The summed E-state index contributed by atoms with van der Waals surface area (Å²) in [7, 11) is 0. The van der Waals surface area contributed by atoms with Crippen molar-refractivity contribution in [2.75, 3.05) is 0 Å². The molecule has 0 aliphatic rings. The minimum atomic E-state index is -0.112. The first kappa shape index (κ1) is 14.1. The van der Waals surface area contributed by atoms with Crippen LogP contribution in [0.4, 0.5) is 0 Å². The first-order valence-electron chi connectivity index (χ1n) is 4.84. The molecular weight excluding hydrogens is 451 g/mol. The lowest BCUT2D eigenvalue weighted by Gasteiger charge is -2.09. The highest BCUT2D eigenvalue weighted by atomic mass is 79.9. The number of hydrogen-bond acceptors (Lipinski definition) is 1. The fourth-order valence-corrected chi connectivity index (χ4v) is 4.24. The minimum Gasteiger partial charge on any atom is -0.130 e. The van der Waals surface area contributed by atoms with E-state index in [4.69, 9.17) is 11.6 Å². The zero-order valence-electron chi connectivity index (χ0n) is 8.81. The zero-order valence-corrected chi connectivity index (χ0v) is 15.1. The Morgan fingerprint density at radius 3 is 2.35 bits per heavy atom. The molecule has 90 valence electrons. The minimum absolute atomic E-state index is 0.112. The summed E-state index contributed by atoms with van der Waals surface area (Å²) >= 11 is 18.6. The van der Waals surface area contributed by atoms with Crippen molar-refractivity contribution in [2.45, 2.75) is 12.3 Å². The molecule has 0 saturated heterocycles. The second-order valence-corrected chi connectivity index (χ2v) is 8.19. The Bertz CT molecular complexity index is 531. The maximum Gasteiger partial charge on any atom is 0.0929 e. The van der Waals surface area contributed by atoms with E-state index in [1.165, 1.54) is 5.56 Å². The smallest absolute Gasteiger partial charge is 0.0929 e. The van der Waals surface area contributed by atoms with Gasteiger partial charge < -0.3 is 0 Å². The molecule has 0 bridgehead atoms. The number of halogens is 4. The van der Waals surface area contributed by atoms with Crippen molar-refractivity contribution in [3.05, 3.63) is 53.0 Å². The largest absolute Gasteiger partial charge is 0.130 e. The van der Waals surface area contributed by atoms with Crippen LogP contribution in [-0.4, -0.2) is 0 Å². The van der Waals surface area contributed by atoms with Gasteiger partial charge >= 0.3 is 0 Å². The number of thiophene rings is 1. The molecule has 17 heavy (non-hydrogen) atoms. The predicted octanol–water partition coefficient (Wildman–Crippen LogP) is 6.67. The van der Waals surface area contributed by atoms with Gasteiger partial charge in [0.2, 0.25) is 0 Å². The lowest BCUT2D eigenvalue weighted by atomic mass is 10.1. The highest BCUT2D eigenvalue weighted by Gasteiger charge is 2.15. The highest BCUT2D eigenvalue weighted by molar-refractivity contribution is 9.13.